The lowest BCUT2D eigenvalue weighted by Gasteiger charge is -2.20. The third-order valence-corrected chi connectivity index (χ3v) is 3.47. The van der Waals surface area contributed by atoms with Crippen LogP contribution in [0, 0.1) is 11.7 Å². The van der Waals surface area contributed by atoms with Crippen molar-refractivity contribution < 1.29 is 14.2 Å². The van der Waals surface area contributed by atoms with Gasteiger partial charge in [0.2, 0.25) is 0 Å². The van der Waals surface area contributed by atoms with E-state index >= 15 is 0 Å². The zero-order valence-corrected chi connectivity index (χ0v) is 10.3. The minimum Gasteiger partial charge on any atom is -0.490 e. The highest BCUT2D eigenvalue weighted by Crippen LogP contribution is 2.32. The van der Waals surface area contributed by atoms with Gasteiger partial charge in [0, 0.05) is 12.0 Å². The molecule has 0 aliphatic carbocycles. The van der Waals surface area contributed by atoms with E-state index in [-0.39, 0.29) is 23.9 Å². The summed E-state index contributed by atoms with van der Waals surface area (Å²) in [7, 11) is 0. The Labute approximate surface area is 101 Å². The van der Waals surface area contributed by atoms with Crippen LogP contribution in [0.5, 0.6) is 5.75 Å². The summed E-state index contributed by atoms with van der Waals surface area (Å²) in [6, 6.07) is 4.65. The molecule has 17 heavy (non-hydrogen) atoms. The summed E-state index contributed by atoms with van der Waals surface area (Å²) < 4.78 is 18.8. The Morgan fingerprint density at radius 1 is 1.53 bits per heavy atom. The van der Waals surface area contributed by atoms with E-state index in [1.54, 1.807) is 6.07 Å². The van der Waals surface area contributed by atoms with Crippen molar-refractivity contribution in [3.63, 3.8) is 0 Å². The fraction of sp³-hybridized carbons (Fsp3) is 0.571. The van der Waals surface area contributed by atoms with Crippen molar-refractivity contribution >= 4 is 0 Å². The van der Waals surface area contributed by atoms with E-state index in [9.17, 15) is 9.50 Å². The molecule has 0 radical (unpaired) electrons. The molecule has 2 nitrogen and oxygen atoms in total. The number of fused-ring (bicyclic) bond motifs is 1. The van der Waals surface area contributed by atoms with Gasteiger partial charge >= 0.3 is 0 Å². The molecule has 0 aromatic heterocycles. The van der Waals surface area contributed by atoms with Crippen molar-refractivity contribution in [2.45, 2.75) is 45.3 Å². The SMILES string of the molecule is CCC(O)C(C)CC1Cc2cc(F)ccc2O1. The number of aliphatic hydroxyl groups is 1. The average Bonchev–Trinajstić information content (AvgIpc) is 2.69. The maximum Gasteiger partial charge on any atom is 0.123 e. The van der Waals surface area contributed by atoms with Crippen molar-refractivity contribution in [1.29, 1.82) is 0 Å². The number of benzene rings is 1. The Bertz CT molecular complexity index is 392. The van der Waals surface area contributed by atoms with Gasteiger partial charge in [-0.15, -0.1) is 0 Å². The predicted molar refractivity (Wildman–Crippen MR) is 64.6 cm³/mol. The van der Waals surface area contributed by atoms with Crippen LogP contribution in [-0.2, 0) is 6.42 Å². The maximum absolute atomic E-state index is 13.0. The molecule has 1 heterocycles. The highest BCUT2D eigenvalue weighted by atomic mass is 19.1. The number of hydrogen-bond donors (Lipinski definition) is 1. The predicted octanol–water partition coefficient (Wildman–Crippen LogP) is 2.93. The third kappa shape index (κ3) is 2.78. The topological polar surface area (TPSA) is 29.5 Å². The molecule has 0 bridgehead atoms. The van der Waals surface area contributed by atoms with Crippen LogP contribution >= 0.6 is 0 Å². The molecule has 94 valence electrons. The zero-order valence-electron chi connectivity index (χ0n) is 10.3. The van der Waals surface area contributed by atoms with Crippen molar-refractivity contribution in [3.05, 3.63) is 29.6 Å². The molecule has 1 aliphatic heterocycles. The molecule has 1 aromatic rings. The maximum atomic E-state index is 13.0. The van der Waals surface area contributed by atoms with Crippen LogP contribution in [0.3, 0.4) is 0 Å². The lowest BCUT2D eigenvalue weighted by atomic mass is 9.94. The molecule has 3 unspecified atom stereocenters. The van der Waals surface area contributed by atoms with Crippen LogP contribution in [0.25, 0.3) is 0 Å². The van der Waals surface area contributed by atoms with Gasteiger partial charge in [0.1, 0.15) is 17.7 Å². The molecule has 0 amide bonds. The first kappa shape index (κ1) is 12.4. The van der Waals surface area contributed by atoms with Crippen LogP contribution in [0.4, 0.5) is 4.39 Å². The van der Waals surface area contributed by atoms with Crippen molar-refractivity contribution in [1.82, 2.24) is 0 Å². The summed E-state index contributed by atoms with van der Waals surface area (Å²) in [6.45, 7) is 4.00. The molecular formula is C14H19FO2. The second kappa shape index (κ2) is 5.05. The van der Waals surface area contributed by atoms with E-state index in [2.05, 4.69) is 0 Å². The fourth-order valence-corrected chi connectivity index (χ4v) is 2.39. The normalized spacial score (nSPS) is 21.8. The van der Waals surface area contributed by atoms with Gasteiger partial charge in [-0.25, -0.2) is 4.39 Å². The van der Waals surface area contributed by atoms with Gasteiger partial charge in [-0.05, 0) is 37.0 Å². The van der Waals surface area contributed by atoms with E-state index < -0.39 is 0 Å². The third-order valence-electron chi connectivity index (χ3n) is 3.47. The molecule has 0 saturated heterocycles. The smallest absolute Gasteiger partial charge is 0.123 e. The van der Waals surface area contributed by atoms with E-state index in [0.717, 1.165) is 30.6 Å². The van der Waals surface area contributed by atoms with E-state index in [1.807, 2.05) is 13.8 Å². The van der Waals surface area contributed by atoms with Gasteiger partial charge in [-0.2, -0.15) is 0 Å². The Kier molecular flexibility index (Phi) is 3.67. The van der Waals surface area contributed by atoms with Gasteiger partial charge in [-0.1, -0.05) is 13.8 Å². The van der Waals surface area contributed by atoms with Crippen LogP contribution in [0.15, 0.2) is 18.2 Å². The second-order valence-electron chi connectivity index (χ2n) is 4.88. The Balaban J connectivity index is 1.96. The number of hydrogen-bond acceptors (Lipinski definition) is 2. The quantitative estimate of drug-likeness (QED) is 0.874. The Morgan fingerprint density at radius 3 is 3.00 bits per heavy atom. The minimum absolute atomic E-state index is 0.0722. The zero-order chi connectivity index (χ0) is 12.4. The fourth-order valence-electron chi connectivity index (χ4n) is 2.39. The molecule has 0 fully saturated rings. The highest BCUT2D eigenvalue weighted by Gasteiger charge is 2.26. The van der Waals surface area contributed by atoms with Crippen LogP contribution in [0.2, 0.25) is 0 Å². The lowest BCUT2D eigenvalue weighted by molar-refractivity contribution is 0.0816. The van der Waals surface area contributed by atoms with Crippen LogP contribution < -0.4 is 4.74 Å². The molecule has 1 N–H and O–H groups in total. The molecule has 3 atom stereocenters. The van der Waals surface area contributed by atoms with E-state index in [0.29, 0.717) is 0 Å². The van der Waals surface area contributed by atoms with Crippen molar-refractivity contribution in [3.8, 4) is 5.75 Å². The summed E-state index contributed by atoms with van der Waals surface area (Å²) >= 11 is 0. The molecule has 0 saturated carbocycles. The van der Waals surface area contributed by atoms with Gasteiger partial charge in [-0.3, -0.25) is 0 Å². The first-order chi connectivity index (χ1) is 8.10. The molecular weight excluding hydrogens is 219 g/mol. The van der Waals surface area contributed by atoms with Crippen LogP contribution in [-0.4, -0.2) is 17.3 Å². The second-order valence-corrected chi connectivity index (χ2v) is 4.88. The van der Waals surface area contributed by atoms with E-state index in [4.69, 9.17) is 4.74 Å². The van der Waals surface area contributed by atoms with Gasteiger partial charge in [0.15, 0.2) is 0 Å². The number of rotatable bonds is 4. The van der Waals surface area contributed by atoms with Crippen LogP contribution in [0.1, 0.15) is 32.3 Å². The Hall–Kier alpha value is -1.09. The van der Waals surface area contributed by atoms with Gasteiger partial charge in [0.05, 0.1) is 6.10 Å². The molecule has 3 heteroatoms. The first-order valence-corrected chi connectivity index (χ1v) is 6.23. The van der Waals surface area contributed by atoms with Gasteiger partial charge < -0.3 is 9.84 Å². The van der Waals surface area contributed by atoms with E-state index in [1.165, 1.54) is 12.1 Å². The largest absolute Gasteiger partial charge is 0.490 e. The summed E-state index contributed by atoms with van der Waals surface area (Å²) in [6.07, 6.45) is 2.11. The number of ether oxygens (including phenoxy) is 1. The summed E-state index contributed by atoms with van der Waals surface area (Å²) in [5, 5.41) is 9.73. The summed E-state index contributed by atoms with van der Waals surface area (Å²) in [5.41, 5.74) is 0.938. The monoisotopic (exact) mass is 238 g/mol. The molecule has 0 spiro atoms. The van der Waals surface area contributed by atoms with Crippen molar-refractivity contribution in [2.24, 2.45) is 5.92 Å². The number of halogens is 1. The first-order valence-electron chi connectivity index (χ1n) is 6.23. The highest BCUT2D eigenvalue weighted by molar-refractivity contribution is 5.37. The minimum atomic E-state index is -0.279. The molecule has 1 aromatic carbocycles. The number of aliphatic hydroxyl groups excluding tert-OH is 1. The lowest BCUT2D eigenvalue weighted by Crippen LogP contribution is -2.24. The standard InChI is InChI=1S/C14H19FO2/c1-3-13(16)9(2)6-12-8-10-7-11(15)4-5-14(10)17-12/h4-5,7,9,12-13,16H,3,6,8H2,1-2H3. The Morgan fingerprint density at radius 2 is 2.29 bits per heavy atom. The summed E-state index contributed by atoms with van der Waals surface area (Å²) in [4.78, 5) is 0. The summed E-state index contributed by atoms with van der Waals surface area (Å²) in [5.74, 6) is 0.786. The van der Waals surface area contributed by atoms with Gasteiger partial charge in [0.25, 0.3) is 0 Å². The molecule has 2 rings (SSSR count). The molecule has 1 aliphatic rings. The average molecular weight is 238 g/mol. The van der Waals surface area contributed by atoms with Crippen molar-refractivity contribution in [2.75, 3.05) is 0 Å².